The Bertz CT molecular complexity index is 91.9. The van der Waals surface area contributed by atoms with Crippen LogP contribution in [0.1, 0.15) is 0 Å². The molecule has 8 nitrogen and oxygen atoms in total. The van der Waals surface area contributed by atoms with Gasteiger partial charge in [0, 0.05) is 0 Å². The van der Waals surface area contributed by atoms with E-state index in [0.29, 0.717) is 0 Å². The van der Waals surface area contributed by atoms with Gasteiger partial charge in [-0.05, 0) is 0 Å². The molecule has 0 rings (SSSR count). The SMILES string of the molecule is O.O=BOB=O.O=BOB=O.[Na+].[Na+].[O-2]. The first-order chi connectivity index (χ1) is 4.83. The van der Waals surface area contributed by atoms with Crippen LogP contribution in [0.3, 0.4) is 0 Å². The molecule has 0 aliphatic rings. The summed E-state index contributed by atoms with van der Waals surface area (Å²) in [4.78, 5) is 0. The minimum absolute atomic E-state index is 0. The van der Waals surface area contributed by atoms with E-state index in [1.54, 1.807) is 0 Å². The fourth-order valence-corrected chi connectivity index (χ4v) is 0.0454. The first-order valence-electron chi connectivity index (χ1n) is 1.89. The predicted octanol–water partition coefficient (Wildman–Crippen LogP) is -9.07. The molecule has 0 aliphatic heterocycles. The molecule has 0 spiro atoms. The van der Waals surface area contributed by atoms with E-state index in [1.807, 2.05) is 0 Å². The van der Waals surface area contributed by atoms with Crippen molar-refractivity contribution in [2.45, 2.75) is 0 Å². The van der Waals surface area contributed by atoms with Gasteiger partial charge in [-0.1, -0.05) is 0 Å². The summed E-state index contributed by atoms with van der Waals surface area (Å²) >= 11 is 0. The third-order valence-corrected chi connectivity index (χ3v) is 0.222. The second-order valence-electron chi connectivity index (χ2n) is 0.657. The molecule has 0 atom stereocenters. The molecule has 0 fully saturated rings. The van der Waals surface area contributed by atoms with E-state index in [2.05, 4.69) is 9.14 Å². The van der Waals surface area contributed by atoms with Crippen molar-refractivity contribution in [3.8, 4) is 0 Å². The van der Waals surface area contributed by atoms with Crippen LogP contribution in [0.15, 0.2) is 0 Å². The number of hydrogen-bond acceptors (Lipinski definition) is 6. The summed E-state index contributed by atoms with van der Waals surface area (Å²) in [6.45, 7) is 0. The fourth-order valence-electron chi connectivity index (χ4n) is 0.0454. The minimum atomic E-state index is 0. The molecule has 0 aromatic carbocycles. The quantitative estimate of drug-likeness (QED) is 0.429. The number of rotatable bonds is 4. The molecule has 0 amide bonds. The molecule has 64 valence electrons. The van der Waals surface area contributed by atoms with Gasteiger partial charge in [0.25, 0.3) is 0 Å². The van der Waals surface area contributed by atoms with E-state index in [9.17, 15) is 0 Å². The summed E-state index contributed by atoms with van der Waals surface area (Å²) < 4.78 is 42.8. The Morgan fingerprint density at radius 1 is 0.643 bits per heavy atom. The van der Waals surface area contributed by atoms with Crippen LogP contribution < -0.4 is 59.1 Å². The molecule has 14 heavy (non-hydrogen) atoms. The van der Waals surface area contributed by atoms with Gasteiger partial charge in [-0.15, -0.1) is 0 Å². The van der Waals surface area contributed by atoms with Crippen LogP contribution >= 0.6 is 0 Å². The van der Waals surface area contributed by atoms with E-state index in [1.165, 1.54) is 0 Å². The van der Waals surface area contributed by atoms with E-state index in [4.69, 9.17) is 18.8 Å². The molecule has 2 N–H and O–H groups in total. The summed E-state index contributed by atoms with van der Waals surface area (Å²) in [6, 6.07) is 0. The van der Waals surface area contributed by atoms with Crippen LogP contribution in [0.4, 0.5) is 0 Å². The Morgan fingerprint density at radius 3 is 0.786 bits per heavy atom. The summed E-state index contributed by atoms with van der Waals surface area (Å²) in [5, 5.41) is 0. The monoisotopic (exact) mass is 220 g/mol. The van der Waals surface area contributed by atoms with Gasteiger partial charge in [0.2, 0.25) is 0 Å². The molecule has 0 radical (unpaired) electrons. The van der Waals surface area contributed by atoms with Crippen molar-refractivity contribution in [1.29, 1.82) is 0 Å². The normalized spacial score (nSPS) is 2.86. The van der Waals surface area contributed by atoms with E-state index >= 15 is 0 Å². The summed E-state index contributed by atoms with van der Waals surface area (Å²) in [5.74, 6) is 0. The smallest absolute Gasteiger partial charge is 1.00 e. The van der Waals surface area contributed by atoms with Crippen molar-refractivity contribution in [1.82, 2.24) is 0 Å². The first-order valence-corrected chi connectivity index (χ1v) is 1.89. The maximum atomic E-state index is 8.95. The van der Waals surface area contributed by atoms with Crippen molar-refractivity contribution in [3.63, 3.8) is 0 Å². The molecule has 0 bridgehead atoms. The molecular formula is H2B4Na2O8. The van der Waals surface area contributed by atoms with Crippen LogP contribution in [0.2, 0.25) is 0 Å². The van der Waals surface area contributed by atoms with Crippen LogP contribution in [-0.2, 0) is 33.4 Å². The third kappa shape index (κ3) is 75.1. The third-order valence-electron chi connectivity index (χ3n) is 0.222. The second kappa shape index (κ2) is 48.3. The maximum absolute atomic E-state index is 8.95. The largest absolute Gasteiger partial charge is 2.00 e. The van der Waals surface area contributed by atoms with E-state index in [-0.39, 0.29) is 99.5 Å². The van der Waals surface area contributed by atoms with E-state index in [0.717, 1.165) is 0 Å². The van der Waals surface area contributed by atoms with Crippen molar-refractivity contribution in [2.24, 2.45) is 0 Å². The van der Waals surface area contributed by atoms with Crippen molar-refractivity contribution in [3.05, 3.63) is 0 Å². The number of hydrogen-bond donors (Lipinski definition) is 0. The molecule has 0 aromatic heterocycles. The van der Waals surface area contributed by atoms with Crippen LogP contribution in [0, 0.1) is 0 Å². The van der Waals surface area contributed by atoms with Gasteiger partial charge in [-0.25, -0.2) is 0 Å². The topological polar surface area (TPSA) is 147 Å². The zero-order valence-corrected chi connectivity index (χ0v) is 11.7. The predicted molar refractivity (Wildman–Crippen MR) is 32.2 cm³/mol. The molecular weight excluding hydrogens is 217 g/mol. The van der Waals surface area contributed by atoms with Crippen molar-refractivity contribution >= 4 is 29.4 Å². The Balaban J connectivity index is -0.0000000178. The van der Waals surface area contributed by atoms with Gasteiger partial charge in [0.15, 0.2) is 0 Å². The molecule has 14 heteroatoms. The fraction of sp³-hybridized carbons (Fsp3) is 0. The maximum Gasteiger partial charge on any atom is 1.00 e. The van der Waals surface area contributed by atoms with Crippen molar-refractivity contribution < 1.29 is 98.0 Å². The van der Waals surface area contributed by atoms with Gasteiger partial charge in [-0.3, -0.25) is 0 Å². The van der Waals surface area contributed by atoms with Gasteiger partial charge < -0.3 is 11.0 Å². The summed E-state index contributed by atoms with van der Waals surface area (Å²) in [5.41, 5.74) is 0. The minimum Gasteiger partial charge on any atom is -2.00 e. The molecule has 0 aromatic rings. The molecule has 0 saturated carbocycles. The van der Waals surface area contributed by atoms with Crippen molar-refractivity contribution in [2.75, 3.05) is 0 Å². The van der Waals surface area contributed by atoms with Gasteiger partial charge in [-0.2, -0.15) is 0 Å². The van der Waals surface area contributed by atoms with Crippen LogP contribution in [0.5, 0.6) is 0 Å². The standard InChI is InChI=1S/2B2O3.2Na.H2O.O/c2*3-1-5-2-4;;;;/h;;;;1H2;/q;;2*+1;;-2. The van der Waals surface area contributed by atoms with Gasteiger partial charge in [0.05, 0.1) is 0 Å². The summed E-state index contributed by atoms with van der Waals surface area (Å²) in [6.07, 6.45) is 0. The molecule has 0 unspecified atom stereocenters. The average Bonchev–Trinajstić information content (AvgIpc) is 1.93. The molecule has 0 aliphatic carbocycles. The Kier molecular flexibility index (Phi) is 125. The zero-order chi connectivity index (χ0) is 8.24. The first kappa shape index (κ1) is 36.3. The second-order valence-corrected chi connectivity index (χ2v) is 0.657. The van der Waals surface area contributed by atoms with Crippen LogP contribution in [-0.4, -0.2) is 34.9 Å². The Hall–Kier alpha value is 0.980. The molecule has 0 saturated heterocycles. The zero-order valence-electron chi connectivity index (χ0n) is 7.67. The summed E-state index contributed by atoms with van der Waals surface area (Å²) in [7, 11) is 0.250. The van der Waals surface area contributed by atoms with Crippen LogP contribution in [0.25, 0.3) is 0 Å². The Morgan fingerprint density at radius 2 is 0.786 bits per heavy atom. The van der Waals surface area contributed by atoms with Gasteiger partial charge in [0.1, 0.15) is 0 Å². The average molecular weight is 219 g/mol. The van der Waals surface area contributed by atoms with E-state index < -0.39 is 0 Å². The molecule has 0 heterocycles. The van der Waals surface area contributed by atoms with Gasteiger partial charge >= 0.3 is 116 Å². The Labute approximate surface area is 126 Å².